The fourth-order valence-electron chi connectivity index (χ4n) is 2.48. The van der Waals surface area contributed by atoms with Gasteiger partial charge in [-0.1, -0.05) is 18.2 Å². The third-order valence-corrected chi connectivity index (χ3v) is 4.77. The third kappa shape index (κ3) is 3.41. The van der Waals surface area contributed by atoms with Gasteiger partial charge in [-0.25, -0.2) is 21.6 Å². The summed E-state index contributed by atoms with van der Waals surface area (Å²) in [5.74, 6) is -2.88. The summed E-state index contributed by atoms with van der Waals surface area (Å²) in [4.78, 5) is 3.76. The molecule has 3 rings (SSSR count). The summed E-state index contributed by atoms with van der Waals surface area (Å²) in [7, 11) is -3.69. The minimum atomic E-state index is -3.69. The minimum Gasteiger partial charge on any atom is -0.256 e. The highest BCUT2D eigenvalue weighted by molar-refractivity contribution is 7.90. The zero-order chi connectivity index (χ0) is 18.2. The van der Waals surface area contributed by atoms with E-state index in [0.717, 1.165) is 30.5 Å². The van der Waals surface area contributed by atoms with Crippen LogP contribution in [0.4, 0.5) is 13.2 Å². The first kappa shape index (κ1) is 17.2. The number of sulfone groups is 1. The molecule has 25 heavy (non-hydrogen) atoms. The molecule has 0 bridgehead atoms. The second kappa shape index (κ2) is 6.33. The predicted octanol–water partition coefficient (Wildman–Crippen LogP) is 4.24. The zero-order valence-electron chi connectivity index (χ0n) is 13.0. The van der Waals surface area contributed by atoms with Crippen molar-refractivity contribution in [2.75, 3.05) is 6.26 Å². The van der Waals surface area contributed by atoms with E-state index >= 15 is 0 Å². The quantitative estimate of drug-likeness (QED) is 0.699. The molecule has 128 valence electrons. The van der Waals surface area contributed by atoms with E-state index in [1.54, 1.807) is 12.1 Å². The van der Waals surface area contributed by atoms with E-state index < -0.39 is 32.2 Å². The van der Waals surface area contributed by atoms with Crippen LogP contribution in [-0.4, -0.2) is 19.7 Å². The zero-order valence-corrected chi connectivity index (χ0v) is 13.8. The van der Waals surface area contributed by atoms with Gasteiger partial charge < -0.3 is 0 Å². The summed E-state index contributed by atoms with van der Waals surface area (Å²) in [5, 5.41) is 0. The van der Waals surface area contributed by atoms with Crippen molar-refractivity contribution < 1.29 is 21.6 Å². The molecule has 3 nitrogen and oxygen atoms in total. The number of hydrogen-bond donors (Lipinski definition) is 0. The topological polar surface area (TPSA) is 47.0 Å². The molecule has 0 N–H and O–H groups in total. The Bertz CT molecular complexity index is 1070. The molecular weight excluding hydrogens is 351 g/mol. The number of halogens is 3. The van der Waals surface area contributed by atoms with E-state index in [2.05, 4.69) is 4.98 Å². The summed E-state index contributed by atoms with van der Waals surface area (Å²) in [6, 6.07) is 10.3. The Balaban J connectivity index is 2.16. The van der Waals surface area contributed by atoms with E-state index in [4.69, 9.17) is 0 Å². The maximum atomic E-state index is 14.2. The molecule has 7 heteroatoms. The Kier molecular flexibility index (Phi) is 4.34. The van der Waals surface area contributed by atoms with E-state index in [9.17, 15) is 21.6 Å². The first-order chi connectivity index (χ1) is 11.8. The van der Waals surface area contributed by atoms with Crippen molar-refractivity contribution >= 4 is 9.84 Å². The normalized spacial score (nSPS) is 11.5. The monoisotopic (exact) mass is 363 g/mol. The molecular formula is C18H12F3NO2S. The maximum Gasteiger partial charge on any atom is 0.178 e. The van der Waals surface area contributed by atoms with Gasteiger partial charge in [0, 0.05) is 23.6 Å². The largest absolute Gasteiger partial charge is 0.256 e. The van der Waals surface area contributed by atoms with E-state index in [1.165, 1.54) is 18.3 Å². The van der Waals surface area contributed by atoms with Gasteiger partial charge in [-0.15, -0.1) is 0 Å². The first-order valence-electron chi connectivity index (χ1n) is 7.18. The van der Waals surface area contributed by atoms with Gasteiger partial charge in [-0.2, -0.15) is 0 Å². The molecule has 3 aromatic rings. The molecule has 0 radical (unpaired) electrons. The van der Waals surface area contributed by atoms with Gasteiger partial charge in [0.05, 0.1) is 5.69 Å². The average Bonchev–Trinajstić information content (AvgIpc) is 2.56. The van der Waals surface area contributed by atoms with Crippen LogP contribution in [0.15, 0.2) is 59.6 Å². The van der Waals surface area contributed by atoms with Gasteiger partial charge in [0.1, 0.15) is 10.7 Å². The lowest BCUT2D eigenvalue weighted by Gasteiger charge is -2.10. The van der Waals surface area contributed by atoms with Crippen LogP contribution >= 0.6 is 0 Å². The Morgan fingerprint density at radius 1 is 0.840 bits per heavy atom. The van der Waals surface area contributed by atoms with Crippen molar-refractivity contribution in [1.82, 2.24) is 4.98 Å². The van der Waals surface area contributed by atoms with Crippen molar-refractivity contribution in [1.29, 1.82) is 0 Å². The van der Waals surface area contributed by atoms with Crippen LogP contribution in [0.3, 0.4) is 0 Å². The molecule has 0 spiro atoms. The second-order valence-electron chi connectivity index (χ2n) is 5.45. The lowest BCUT2D eigenvalue weighted by Crippen LogP contribution is -2.01. The standard InChI is InChI=1S/C18H12F3NO2S/c1-25(23,24)17-7-5-12(10-16(17)21)18-13(3-2-8-22-18)11-4-6-14(19)15(20)9-11/h2-10H,1H3. The van der Waals surface area contributed by atoms with Crippen molar-refractivity contribution in [3.63, 3.8) is 0 Å². The van der Waals surface area contributed by atoms with E-state index in [-0.39, 0.29) is 0 Å². The Morgan fingerprint density at radius 3 is 2.16 bits per heavy atom. The van der Waals surface area contributed by atoms with Crippen molar-refractivity contribution in [3.05, 3.63) is 72.2 Å². The molecule has 0 aliphatic rings. The van der Waals surface area contributed by atoms with Gasteiger partial charge in [0.2, 0.25) is 0 Å². The van der Waals surface area contributed by atoms with E-state index in [1.807, 2.05) is 0 Å². The maximum absolute atomic E-state index is 14.2. The summed E-state index contributed by atoms with van der Waals surface area (Å²) < 4.78 is 63.9. The molecule has 1 heterocycles. The van der Waals surface area contributed by atoms with Crippen LogP contribution in [0.2, 0.25) is 0 Å². The second-order valence-corrected chi connectivity index (χ2v) is 7.43. The van der Waals surface area contributed by atoms with Crippen LogP contribution in [-0.2, 0) is 9.84 Å². The van der Waals surface area contributed by atoms with Crippen molar-refractivity contribution in [2.45, 2.75) is 4.90 Å². The fourth-order valence-corrected chi connectivity index (χ4v) is 3.21. The molecule has 0 unspecified atom stereocenters. The van der Waals surface area contributed by atoms with Crippen LogP contribution in [0, 0.1) is 17.5 Å². The average molecular weight is 363 g/mol. The van der Waals surface area contributed by atoms with Crippen LogP contribution < -0.4 is 0 Å². The molecule has 0 amide bonds. The van der Waals surface area contributed by atoms with Crippen LogP contribution in [0.5, 0.6) is 0 Å². The number of rotatable bonds is 3. The van der Waals surface area contributed by atoms with Gasteiger partial charge in [-0.05, 0) is 35.9 Å². The number of benzene rings is 2. The van der Waals surface area contributed by atoms with Crippen LogP contribution in [0.25, 0.3) is 22.4 Å². The van der Waals surface area contributed by atoms with Gasteiger partial charge >= 0.3 is 0 Å². The van der Waals surface area contributed by atoms with Gasteiger partial charge in [-0.3, -0.25) is 4.98 Å². The summed E-state index contributed by atoms with van der Waals surface area (Å²) >= 11 is 0. The minimum absolute atomic E-state index is 0.324. The number of pyridine rings is 1. The molecule has 0 aliphatic heterocycles. The highest BCUT2D eigenvalue weighted by Gasteiger charge is 2.17. The van der Waals surface area contributed by atoms with Gasteiger partial charge in [0.15, 0.2) is 21.5 Å². The molecule has 1 aromatic heterocycles. The smallest absolute Gasteiger partial charge is 0.178 e. The Labute approximate surface area is 142 Å². The first-order valence-corrected chi connectivity index (χ1v) is 9.07. The van der Waals surface area contributed by atoms with Gasteiger partial charge in [0.25, 0.3) is 0 Å². The van der Waals surface area contributed by atoms with Crippen LogP contribution in [0.1, 0.15) is 0 Å². The van der Waals surface area contributed by atoms with Crippen molar-refractivity contribution in [2.24, 2.45) is 0 Å². The number of hydrogen-bond acceptors (Lipinski definition) is 3. The molecule has 0 fully saturated rings. The molecule has 2 aromatic carbocycles. The molecule has 0 saturated carbocycles. The number of nitrogens with zero attached hydrogens (tertiary/aromatic N) is 1. The molecule has 0 saturated heterocycles. The van der Waals surface area contributed by atoms with E-state index in [0.29, 0.717) is 22.4 Å². The van der Waals surface area contributed by atoms with Crippen molar-refractivity contribution in [3.8, 4) is 22.4 Å². The highest BCUT2D eigenvalue weighted by atomic mass is 32.2. The Morgan fingerprint density at radius 2 is 1.52 bits per heavy atom. The lowest BCUT2D eigenvalue weighted by molar-refractivity contribution is 0.509. The third-order valence-electron chi connectivity index (χ3n) is 3.64. The SMILES string of the molecule is CS(=O)(=O)c1ccc(-c2ncccc2-c2ccc(F)c(F)c2)cc1F. The number of aromatic nitrogens is 1. The molecule has 0 aliphatic carbocycles. The highest BCUT2D eigenvalue weighted by Crippen LogP contribution is 2.32. The fraction of sp³-hybridized carbons (Fsp3) is 0.0556. The summed E-state index contributed by atoms with van der Waals surface area (Å²) in [5.41, 5.74) is 1.49. The summed E-state index contributed by atoms with van der Waals surface area (Å²) in [6.07, 6.45) is 2.39. The molecule has 0 atom stereocenters. The summed E-state index contributed by atoms with van der Waals surface area (Å²) in [6.45, 7) is 0. The Hall–Kier alpha value is -2.67. The lowest BCUT2D eigenvalue weighted by atomic mass is 9.99. The predicted molar refractivity (Wildman–Crippen MR) is 88.1 cm³/mol.